The fourth-order valence-electron chi connectivity index (χ4n) is 5.69. The van der Waals surface area contributed by atoms with Crippen molar-refractivity contribution in [1.82, 2.24) is 9.13 Å². The Kier molecular flexibility index (Phi) is 5.73. The Balaban J connectivity index is 1.73. The highest BCUT2D eigenvalue weighted by Gasteiger charge is 2.17. The van der Waals surface area contributed by atoms with Crippen LogP contribution in [0.15, 0.2) is 102 Å². The molecule has 174 valence electrons. The summed E-state index contributed by atoms with van der Waals surface area (Å²) >= 11 is 0. The molecular formula is C34H28N2. The molecule has 6 aromatic rings. The summed E-state index contributed by atoms with van der Waals surface area (Å²) in [6, 6.07) is 26.6. The smallest absolute Gasteiger partial charge is 0.0620 e. The van der Waals surface area contributed by atoms with Gasteiger partial charge in [0.15, 0.2) is 0 Å². The van der Waals surface area contributed by atoms with Gasteiger partial charge < -0.3 is 9.13 Å². The molecule has 2 heteroatoms. The number of hydrogen-bond donors (Lipinski definition) is 0. The molecule has 2 heterocycles. The van der Waals surface area contributed by atoms with E-state index in [1.807, 2.05) is 6.20 Å². The number of unbranched alkanes of at least 4 members (excludes halogenated alkanes) is 3. The molecule has 0 N–H and O–H groups in total. The van der Waals surface area contributed by atoms with Crippen LogP contribution in [-0.2, 0) is 6.54 Å². The van der Waals surface area contributed by atoms with Crippen LogP contribution >= 0.6 is 0 Å². The van der Waals surface area contributed by atoms with Gasteiger partial charge in [-0.05, 0) is 42.3 Å². The van der Waals surface area contributed by atoms with E-state index in [4.69, 9.17) is 0 Å². The number of rotatable bonds is 6. The van der Waals surface area contributed by atoms with Crippen LogP contribution in [0.3, 0.4) is 0 Å². The quantitative estimate of drug-likeness (QED) is 0.172. The Bertz CT molecular complexity index is 1940. The van der Waals surface area contributed by atoms with Crippen molar-refractivity contribution in [2.24, 2.45) is 0 Å². The third-order valence-electron chi connectivity index (χ3n) is 7.25. The predicted molar refractivity (Wildman–Crippen MR) is 155 cm³/mol. The minimum absolute atomic E-state index is 1.03. The SMILES string of the molecule is C=C=C=C=C=Cn1c2ccccc2c2ccc3c(ccc4c5ccccc5n(CCCCCC)c34)c21. The third-order valence-corrected chi connectivity index (χ3v) is 7.25. The minimum Gasteiger partial charge on any atom is -0.340 e. The van der Waals surface area contributed by atoms with Crippen LogP contribution in [0.1, 0.15) is 32.6 Å². The Hall–Kier alpha value is -4.40. The second-order valence-electron chi connectivity index (χ2n) is 9.34. The standard InChI is InChI=1S/C34H28N2/c1-3-5-7-13-23-35-31-17-11-9-15-25(31)27-19-22-30-29(33(27)35)21-20-28-26-16-10-12-18-32(26)36(34(28)30)24-14-8-6-4-2/h9-12,15-23H,1,4,6,8,14,24H2,2H3. The van der Waals surface area contributed by atoms with E-state index >= 15 is 0 Å². The average Bonchev–Trinajstić information content (AvgIpc) is 3.42. The van der Waals surface area contributed by atoms with Crippen LogP contribution in [-0.4, -0.2) is 9.13 Å². The van der Waals surface area contributed by atoms with Gasteiger partial charge in [0, 0.05) is 44.4 Å². The van der Waals surface area contributed by atoms with Gasteiger partial charge in [-0.3, -0.25) is 0 Å². The molecule has 0 amide bonds. The zero-order chi connectivity index (χ0) is 24.5. The first-order valence-electron chi connectivity index (χ1n) is 12.8. The highest BCUT2D eigenvalue weighted by molar-refractivity contribution is 6.25. The molecule has 2 nitrogen and oxygen atoms in total. The van der Waals surface area contributed by atoms with Gasteiger partial charge in [0.25, 0.3) is 0 Å². The van der Waals surface area contributed by atoms with Gasteiger partial charge in [0.2, 0.25) is 0 Å². The van der Waals surface area contributed by atoms with E-state index in [-0.39, 0.29) is 0 Å². The summed E-state index contributed by atoms with van der Waals surface area (Å²) in [5.41, 5.74) is 16.4. The first-order valence-corrected chi connectivity index (χ1v) is 12.8. The molecule has 6 rings (SSSR count). The lowest BCUT2D eigenvalue weighted by Gasteiger charge is -2.11. The van der Waals surface area contributed by atoms with Crippen molar-refractivity contribution >= 4 is 60.6 Å². The number of hydrogen-bond acceptors (Lipinski definition) is 0. The molecule has 0 aliphatic rings. The maximum atomic E-state index is 3.56. The number of fused-ring (bicyclic) bond motifs is 9. The summed E-state index contributed by atoms with van der Waals surface area (Å²) in [5, 5.41) is 7.66. The maximum Gasteiger partial charge on any atom is 0.0620 e. The summed E-state index contributed by atoms with van der Waals surface area (Å²) < 4.78 is 4.78. The van der Waals surface area contributed by atoms with E-state index in [0.29, 0.717) is 0 Å². The van der Waals surface area contributed by atoms with Crippen molar-refractivity contribution in [2.45, 2.75) is 39.2 Å². The lowest BCUT2D eigenvalue weighted by molar-refractivity contribution is 0.603. The summed E-state index contributed by atoms with van der Waals surface area (Å²) in [5.74, 6) is 0. The molecule has 2 aromatic heterocycles. The second-order valence-corrected chi connectivity index (χ2v) is 9.34. The van der Waals surface area contributed by atoms with Crippen LogP contribution < -0.4 is 0 Å². The van der Waals surface area contributed by atoms with Crippen LogP contribution in [0.4, 0.5) is 0 Å². The normalized spacial score (nSPS) is 11.1. The molecule has 0 radical (unpaired) electrons. The van der Waals surface area contributed by atoms with Gasteiger partial charge in [0.05, 0.1) is 22.8 Å². The number of para-hydroxylation sites is 2. The third kappa shape index (κ3) is 3.46. The van der Waals surface area contributed by atoms with E-state index in [1.54, 1.807) is 0 Å². The summed E-state index contributed by atoms with van der Waals surface area (Å²) in [4.78, 5) is 0. The molecule has 0 aliphatic heterocycles. The molecule has 0 unspecified atom stereocenters. The van der Waals surface area contributed by atoms with Gasteiger partial charge in [-0.1, -0.05) is 92.6 Å². The average molecular weight is 465 g/mol. The number of aryl methyl sites for hydroxylation is 1. The lowest BCUT2D eigenvalue weighted by atomic mass is 10.0. The van der Waals surface area contributed by atoms with Crippen LogP contribution in [0.5, 0.6) is 0 Å². The van der Waals surface area contributed by atoms with Gasteiger partial charge in [-0.25, -0.2) is 0 Å². The van der Waals surface area contributed by atoms with Crippen molar-refractivity contribution in [2.75, 3.05) is 0 Å². The summed E-state index contributed by atoms with van der Waals surface area (Å²) in [6.45, 7) is 6.86. The molecule has 0 bridgehead atoms. The first-order chi connectivity index (χ1) is 17.8. The molecular weight excluding hydrogens is 436 g/mol. The molecule has 0 aliphatic carbocycles. The monoisotopic (exact) mass is 464 g/mol. The zero-order valence-electron chi connectivity index (χ0n) is 20.6. The summed E-state index contributed by atoms with van der Waals surface area (Å²) in [7, 11) is 0. The molecule has 0 fully saturated rings. The van der Waals surface area contributed by atoms with Crippen LogP contribution in [0, 0.1) is 0 Å². The van der Waals surface area contributed by atoms with Gasteiger partial charge in [-0.2, -0.15) is 0 Å². The fraction of sp³-hybridized carbons (Fsp3) is 0.176. The molecule has 0 saturated carbocycles. The Morgan fingerprint density at radius 2 is 1.28 bits per heavy atom. The highest BCUT2D eigenvalue weighted by Crippen LogP contribution is 2.40. The second kappa shape index (κ2) is 9.33. The Morgan fingerprint density at radius 1 is 0.667 bits per heavy atom. The van der Waals surface area contributed by atoms with Gasteiger partial charge in [0.1, 0.15) is 0 Å². The van der Waals surface area contributed by atoms with Crippen molar-refractivity contribution < 1.29 is 0 Å². The predicted octanol–water partition coefficient (Wildman–Crippen LogP) is 9.36. The molecule has 0 atom stereocenters. The Labute approximate surface area is 211 Å². The number of aromatic nitrogens is 2. The van der Waals surface area contributed by atoms with Crippen LogP contribution in [0.25, 0.3) is 60.6 Å². The molecule has 36 heavy (non-hydrogen) atoms. The van der Waals surface area contributed by atoms with Crippen molar-refractivity contribution in [3.63, 3.8) is 0 Å². The fourth-order valence-corrected chi connectivity index (χ4v) is 5.69. The maximum absolute atomic E-state index is 3.56. The minimum atomic E-state index is 1.03. The van der Waals surface area contributed by atoms with E-state index in [9.17, 15) is 0 Å². The van der Waals surface area contributed by atoms with Gasteiger partial charge in [-0.15, -0.1) is 0 Å². The van der Waals surface area contributed by atoms with Crippen molar-refractivity contribution in [3.8, 4) is 0 Å². The number of nitrogens with zero attached hydrogens (tertiary/aromatic N) is 2. The first kappa shape index (κ1) is 22.1. The van der Waals surface area contributed by atoms with Crippen molar-refractivity contribution in [3.05, 3.63) is 102 Å². The largest absolute Gasteiger partial charge is 0.340 e. The molecule has 0 saturated heterocycles. The van der Waals surface area contributed by atoms with Crippen molar-refractivity contribution in [1.29, 1.82) is 0 Å². The zero-order valence-corrected chi connectivity index (χ0v) is 20.6. The topological polar surface area (TPSA) is 9.86 Å². The molecule has 4 aromatic carbocycles. The molecule has 0 spiro atoms. The summed E-state index contributed by atoms with van der Waals surface area (Å²) in [6.07, 6.45) is 6.93. The van der Waals surface area contributed by atoms with Gasteiger partial charge >= 0.3 is 0 Å². The Morgan fingerprint density at radius 3 is 2.00 bits per heavy atom. The van der Waals surface area contributed by atoms with Crippen LogP contribution in [0.2, 0.25) is 0 Å². The van der Waals surface area contributed by atoms with E-state index < -0.39 is 0 Å². The van der Waals surface area contributed by atoms with E-state index in [2.05, 4.69) is 118 Å². The number of benzene rings is 4. The highest BCUT2D eigenvalue weighted by atomic mass is 15.0. The lowest BCUT2D eigenvalue weighted by Crippen LogP contribution is -1.98. The van der Waals surface area contributed by atoms with E-state index in [0.717, 1.165) is 12.1 Å². The van der Waals surface area contributed by atoms with E-state index in [1.165, 1.54) is 74.6 Å².